The van der Waals surface area contributed by atoms with Gasteiger partial charge in [0.2, 0.25) is 0 Å². The van der Waals surface area contributed by atoms with E-state index in [-0.39, 0.29) is 5.56 Å². The zero-order valence-electron chi connectivity index (χ0n) is 13.3. The Balaban J connectivity index is 1.89. The third-order valence-electron chi connectivity index (χ3n) is 3.61. The first-order valence-electron chi connectivity index (χ1n) is 7.50. The predicted octanol–water partition coefficient (Wildman–Crippen LogP) is 2.22. The summed E-state index contributed by atoms with van der Waals surface area (Å²) in [6.07, 6.45) is 2.17. The van der Waals surface area contributed by atoms with E-state index in [0.717, 1.165) is 5.76 Å². The largest absolute Gasteiger partial charge is 0.468 e. The van der Waals surface area contributed by atoms with Crippen molar-refractivity contribution in [3.05, 3.63) is 50.8 Å². The van der Waals surface area contributed by atoms with Crippen LogP contribution in [0.4, 0.5) is 0 Å². The lowest BCUT2D eigenvalue weighted by Gasteiger charge is -2.03. The molecule has 0 atom stereocenters. The van der Waals surface area contributed by atoms with Gasteiger partial charge in [0, 0.05) is 0 Å². The van der Waals surface area contributed by atoms with E-state index >= 15 is 0 Å². The Morgan fingerprint density at radius 2 is 2.29 bits per heavy atom. The van der Waals surface area contributed by atoms with Crippen LogP contribution in [0.2, 0.25) is 0 Å². The van der Waals surface area contributed by atoms with Crippen LogP contribution in [0, 0.1) is 0 Å². The molecule has 2 N–H and O–H groups in total. The summed E-state index contributed by atoms with van der Waals surface area (Å²) in [6, 6.07) is 3.68. The molecule has 24 heavy (non-hydrogen) atoms. The van der Waals surface area contributed by atoms with Crippen LogP contribution >= 0.6 is 11.3 Å². The van der Waals surface area contributed by atoms with E-state index in [1.807, 2.05) is 19.1 Å². The Morgan fingerprint density at radius 3 is 2.96 bits per heavy atom. The molecule has 0 unspecified atom stereocenters. The molecule has 3 heterocycles. The summed E-state index contributed by atoms with van der Waals surface area (Å²) in [7, 11) is 1.33. The topological polar surface area (TPSA) is 97.2 Å². The van der Waals surface area contributed by atoms with Crippen molar-refractivity contribution >= 4 is 27.5 Å². The zero-order valence-corrected chi connectivity index (χ0v) is 14.2. The number of nitrogens with one attached hydrogen (secondary N) is 2. The second-order valence-corrected chi connectivity index (χ2v) is 6.13. The molecular weight excluding hydrogens is 330 g/mol. The first kappa shape index (κ1) is 16.4. The van der Waals surface area contributed by atoms with Crippen LogP contribution in [-0.4, -0.2) is 23.0 Å². The molecular formula is C16H17N3O4S. The number of rotatable bonds is 6. The molecule has 0 fully saturated rings. The minimum atomic E-state index is -0.438. The van der Waals surface area contributed by atoms with Crippen LogP contribution in [0.3, 0.4) is 0 Å². The summed E-state index contributed by atoms with van der Waals surface area (Å²) in [6.45, 7) is 2.82. The minimum absolute atomic E-state index is 0.238. The van der Waals surface area contributed by atoms with Crippen molar-refractivity contribution in [3.63, 3.8) is 0 Å². The van der Waals surface area contributed by atoms with Crippen LogP contribution in [0.5, 0.6) is 0 Å². The molecule has 0 amide bonds. The van der Waals surface area contributed by atoms with Gasteiger partial charge < -0.3 is 19.5 Å². The number of hydrogen-bond acceptors (Lipinski definition) is 7. The lowest BCUT2D eigenvalue weighted by atomic mass is 10.1. The average Bonchev–Trinajstić information content (AvgIpc) is 3.21. The maximum Gasteiger partial charge on any atom is 0.348 e. The SMILES string of the molecule is CCc1c(C(=O)OC)sc2nc(CNCc3ccco3)[nH]c(=O)c12. The van der Waals surface area contributed by atoms with Gasteiger partial charge in [0.15, 0.2) is 0 Å². The molecule has 0 saturated carbocycles. The highest BCUT2D eigenvalue weighted by atomic mass is 32.1. The number of furan rings is 1. The number of aromatic nitrogens is 2. The maximum atomic E-state index is 12.4. The summed E-state index contributed by atoms with van der Waals surface area (Å²) < 4.78 is 10.0. The van der Waals surface area contributed by atoms with Crippen molar-refractivity contribution in [2.45, 2.75) is 26.4 Å². The Morgan fingerprint density at radius 1 is 1.46 bits per heavy atom. The van der Waals surface area contributed by atoms with Gasteiger partial charge in [-0.1, -0.05) is 6.92 Å². The second kappa shape index (κ2) is 6.98. The number of fused-ring (bicyclic) bond motifs is 1. The molecule has 0 aromatic carbocycles. The Bertz CT molecular complexity index is 911. The number of ether oxygens (including phenoxy) is 1. The Hall–Kier alpha value is -2.45. The molecule has 0 aliphatic heterocycles. The van der Waals surface area contributed by atoms with Crippen LogP contribution in [-0.2, 0) is 24.2 Å². The van der Waals surface area contributed by atoms with E-state index in [9.17, 15) is 9.59 Å². The first-order valence-corrected chi connectivity index (χ1v) is 8.31. The number of aromatic amines is 1. The lowest BCUT2D eigenvalue weighted by Crippen LogP contribution is -2.19. The van der Waals surface area contributed by atoms with E-state index in [2.05, 4.69) is 15.3 Å². The van der Waals surface area contributed by atoms with Crippen molar-refractivity contribution in [2.24, 2.45) is 0 Å². The fraction of sp³-hybridized carbons (Fsp3) is 0.312. The maximum absolute atomic E-state index is 12.4. The van der Waals surface area contributed by atoms with E-state index in [1.54, 1.807) is 6.26 Å². The summed E-state index contributed by atoms with van der Waals surface area (Å²) in [5, 5.41) is 3.62. The summed E-state index contributed by atoms with van der Waals surface area (Å²) >= 11 is 1.19. The quantitative estimate of drug-likeness (QED) is 0.664. The van der Waals surface area contributed by atoms with Crippen molar-refractivity contribution in [2.75, 3.05) is 7.11 Å². The van der Waals surface area contributed by atoms with Gasteiger partial charge in [-0.15, -0.1) is 11.3 Å². The number of methoxy groups -OCH3 is 1. The number of aryl methyl sites for hydroxylation is 1. The number of carbonyl (C=O) groups excluding carboxylic acids is 1. The van der Waals surface area contributed by atoms with E-state index in [0.29, 0.717) is 46.0 Å². The summed E-state index contributed by atoms with van der Waals surface area (Å²) in [5.41, 5.74) is 0.448. The Labute approximate surface area is 141 Å². The summed E-state index contributed by atoms with van der Waals surface area (Å²) in [4.78, 5) is 32.5. The van der Waals surface area contributed by atoms with Crippen molar-refractivity contribution in [1.29, 1.82) is 0 Å². The highest BCUT2D eigenvalue weighted by molar-refractivity contribution is 7.20. The van der Waals surface area contributed by atoms with Crippen LogP contribution < -0.4 is 10.9 Å². The molecule has 3 rings (SSSR count). The van der Waals surface area contributed by atoms with Gasteiger partial charge in [-0.3, -0.25) is 4.79 Å². The third kappa shape index (κ3) is 3.10. The smallest absolute Gasteiger partial charge is 0.348 e. The molecule has 3 aromatic rings. The first-order chi connectivity index (χ1) is 11.6. The zero-order chi connectivity index (χ0) is 17.1. The van der Waals surface area contributed by atoms with E-state index < -0.39 is 5.97 Å². The fourth-order valence-corrected chi connectivity index (χ4v) is 3.71. The molecule has 0 spiro atoms. The van der Waals surface area contributed by atoms with Gasteiger partial charge in [-0.2, -0.15) is 0 Å². The number of H-pyrrole nitrogens is 1. The molecule has 0 bridgehead atoms. The van der Waals surface area contributed by atoms with Crippen molar-refractivity contribution < 1.29 is 13.9 Å². The van der Waals surface area contributed by atoms with Crippen LogP contribution in [0.25, 0.3) is 10.2 Å². The van der Waals surface area contributed by atoms with Crippen LogP contribution in [0.15, 0.2) is 27.6 Å². The molecule has 3 aromatic heterocycles. The lowest BCUT2D eigenvalue weighted by molar-refractivity contribution is 0.0605. The molecule has 0 aliphatic carbocycles. The van der Waals surface area contributed by atoms with Crippen LogP contribution in [0.1, 0.15) is 33.7 Å². The molecule has 0 saturated heterocycles. The molecule has 0 aliphatic rings. The van der Waals surface area contributed by atoms with Gasteiger partial charge >= 0.3 is 5.97 Å². The standard InChI is InChI=1S/C16H17N3O4S/c1-3-10-12-14(20)18-11(8-17-7-9-5-4-6-23-9)19-15(12)24-13(10)16(21)22-2/h4-6,17H,3,7-8H2,1-2H3,(H,18,19,20). The monoisotopic (exact) mass is 347 g/mol. The number of nitrogens with zero attached hydrogens (tertiary/aromatic N) is 1. The Kier molecular flexibility index (Phi) is 4.77. The highest BCUT2D eigenvalue weighted by Gasteiger charge is 2.21. The van der Waals surface area contributed by atoms with Crippen molar-refractivity contribution in [3.8, 4) is 0 Å². The number of esters is 1. The van der Waals surface area contributed by atoms with E-state index in [1.165, 1.54) is 18.4 Å². The second-order valence-electron chi connectivity index (χ2n) is 5.13. The van der Waals surface area contributed by atoms with Gasteiger partial charge in [-0.05, 0) is 24.1 Å². The highest BCUT2D eigenvalue weighted by Crippen LogP contribution is 2.28. The molecule has 7 nitrogen and oxygen atoms in total. The predicted molar refractivity (Wildman–Crippen MR) is 90.2 cm³/mol. The van der Waals surface area contributed by atoms with Crippen molar-refractivity contribution in [1.82, 2.24) is 15.3 Å². The molecule has 8 heteroatoms. The number of thiophene rings is 1. The minimum Gasteiger partial charge on any atom is -0.468 e. The normalized spacial score (nSPS) is 11.1. The molecule has 126 valence electrons. The number of hydrogen-bond donors (Lipinski definition) is 2. The van der Waals surface area contributed by atoms with Gasteiger partial charge in [0.1, 0.15) is 21.3 Å². The fourth-order valence-electron chi connectivity index (χ4n) is 2.50. The summed E-state index contributed by atoms with van der Waals surface area (Å²) in [5.74, 6) is 0.877. The average molecular weight is 347 g/mol. The van der Waals surface area contributed by atoms with Gasteiger partial charge in [-0.25, -0.2) is 9.78 Å². The van der Waals surface area contributed by atoms with Gasteiger partial charge in [0.05, 0.1) is 31.8 Å². The molecule has 0 radical (unpaired) electrons. The van der Waals surface area contributed by atoms with Gasteiger partial charge in [0.25, 0.3) is 5.56 Å². The van der Waals surface area contributed by atoms with E-state index in [4.69, 9.17) is 9.15 Å². The number of carbonyl (C=O) groups is 1. The third-order valence-corrected chi connectivity index (χ3v) is 4.71.